The van der Waals surface area contributed by atoms with Gasteiger partial charge in [0.15, 0.2) is 6.79 Å². The van der Waals surface area contributed by atoms with Gasteiger partial charge in [0.2, 0.25) is 5.91 Å². The zero-order valence-electron chi connectivity index (χ0n) is 12.4. The molecule has 0 aliphatic carbocycles. The van der Waals surface area contributed by atoms with Crippen LogP contribution >= 0.6 is 23.2 Å². The fraction of sp³-hybridized carbons (Fsp3) is 0.118. The van der Waals surface area contributed by atoms with Gasteiger partial charge < -0.3 is 14.8 Å². The molecule has 2 aromatic carbocycles. The van der Waals surface area contributed by atoms with Crippen LogP contribution in [0.15, 0.2) is 48.5 Å². The van der Waals surface area contributed by atoms with E-state index < -0.39 is 0 Å². The highest BCUT2D eigenvalue weighted by Gasteiger charge is 2.07. The molecule has 120 valence electrons. The van der Waals surface area contributed by atoms with Crippen LogP contribution in [0, 0.1) is 0 Å². The number of rotatable bonds is 6. The monoisotopic (exact) mass is 351 g/mol. The van der Waals surface area contributed by atoms with Crippen LogP contribution in [0.3, 0.4) is 0 Å². The maximum atomic E-state index is 11.9. The van der Waals surface area contributed by atoms with Gasteiger partial charge in [0.25, 0.3) is 0 Å². The predicted octanol–water partition coefficient (Wildman–Crippen LogP) is 4.63. The van der Waals surface area contributed by atoms with E-state index in [4.69, 9.17) is 32.7 Å². The fourth-order valence-corrected chi connectivity index (χ4v) is 2.25. The summed E-state index contributed by atoms with van der Waals surface area (Å²) in [5.41, 5.74) is 1.25. The predicted molar refractivity (Wildman–Crippen MR) is 93.1 cm³/mol. The zero-order valence-corrected chi connectivity index (χ0v) is 13.9. The number of hydrogen-bond donors (Lipinski definition) is 1. The molecule has 0 aliphatic heterocycles. The fourth-order valence-electron chi connectivity index (χ4n) is 1.76. The van der Waals surface area contributed by atoms with Gasteiger partial charge in [0.1, 0.15) is 5.75 Å². The van der Waals surface area contributed by atoms with Gasteiger partial charge in [-0.15, -0.1) is 0 Å². The van der Waals surface area contributed by atoms with E-state index in [1.54, 1.807) is 43.5 Å². The first-order valence-corrected chi connectivity index (χ1v) is 7.50. The zero-order chi connectivity index (χ0) is 16.7. The minimum atomic E-state index is -0.320. The normalized spacial score (nSPS) is 10.7. The number of benzene rings is 2. The second-order valence-electron chi connectivity index (χ2n) is 4.54. The minimum absolute atomic E-state index is 0.191. The molecule has 0 aliphatic rings. The van der Waals surface area contributed by atoms with Crippen molar-refractivity contribution in [2.24, 2.45) is 0 Å². The molecule has 0 radical (unpaired) electrons. The molecular weight excluding hydrogens is 337 g/mol. The summed E-state index contributed by atoms with van der Waals surface area (Å²) < 4.78 is 10.1. The number of halogens is 2. The lowest BCUT2D eigenvalue weighted by molar-refractivity contribution is -0.111. The van der Waals surface area contributed by atoms with E-state index in [9.17, 15) is 4.79 Å². The van der Waals surface area contributed by atoms with E-state index in [0.717, 1.165) is 5.56 Å². The lowest BCUT2D eigenvalue weighted by Gasteiger charge is -2.07. The van der Waals surface area contributed by atoms with Crippen LogP contribution in [-0.2, 0) is 9.53 Å². The molecule has 6 heteroatoms. The Bertz CT molecular complexity index is 679. The van der Waals surface area contributed by atoms with Crippen molar-refractivity contribution in [3.05, 3.63) is 64.1 Å². The van der Waals surface area contributed by atoms with Crippen LogP contribution in [0.5, 0.6) is 5.75 Å². The molecule has 0 fully saturated rings. The van der Waals surface area contributed by atoms with Crippen LogP contribution in [-0.4, -0.2) is 19.8 Å². The van der Waals surface area contributed by atoms with Crippen LogP contribution < -0.4 is 10.1 Å². The summed E-state index contributed by atoms with van der Waals surface area (Å²) in [5.74, 6) is 0.371. The number of amides is 1. The molecule has 0 bridgehead atoms. The third-order valence-electron chi connectivity index (χ3n) is 2.86. The van der Waals surface area contributed by atoms with E-state index >= 15 is 0 Å². The van der Waals surface area contributed by atoms with Crippen molar-refractivity contribution in [3.63, 3.8) is 0 Å². The van der Waals surface area contributed by atoms with Gasteiger partial charge in [-0.05, 0) is 35.9 Å². The highest BCUT2D eigenvalue weighted by atomic mass is 35.5. The Hall–Kier alpha value is -2.01. The molecule has 0 aromatic heterocycles. The summed E-state index contributed by atoms with van der Waals surface area (Å²) in [7, 11) is 1.56. The largest absolute Gasteiger partial charge is 0.468 e. The van der Waals surface area contributed by atoms with E-state index in [1.165, 1.54) is 6.08 Å². The molecular formula is C17H15Cl2NO3. The van der Waals surface area contributed by atoms with Gasteiger partial charge in [-0.25, -0.2) is 0 Å². The van der Waals surface area contributed by atoms with Gasteiger partial charge in [-0.2, -0.15) is 0 Å². The van der Waals surface area contributed by atoms with Crippen LogP contribution in [0.2, 0.25) is 10.0 Å². The maximum Gasteiger partial charge on any atom is 0.248 e. The number of carbonyl (C=O) groups excluding carboxylic acids is 1. The quantitative estimate of drug-likeness (QED) is 0.609. The van der Waals surface area contributed by atoms with Gasteiger partial charge in [0.05, 0.1) is 15.7 Å². The first-order chi connectivity index (χ1) is 11.1. The summed E-state index contributed by atoms with van der Waals surface area (Å²) in [6.45, 7) is 0.191. The molecule has 0 saturated carbocycles. The molecule has 2 rings (SSSR count). The SMILES string of the molecule is COCOc1ccc(/C=C/C(=O)Nc2c(Cl)cccc2Cl)cc1. The van der Waals surface area contributed by atoms with Crippen molar-refractivity contribution in [1.29, 1.82) is 0 Å². The Balaban J connectivity index is 1.98. The third-order valence-corrected chi connectivity index (χ3v) is 3.49. The van der Waals surface area contributed by atoms with Crippen molar-refractivity contribution in [1.82, 2.24) is 0 Å². The maximum absolute atomic E-state index is 11.9. The van der Waals surface area contributed by atoms with Crippen LogP contribution in [0.4, 0.5) is 5.69 Å². The Morgan fingerprint density at radius 2 is 1.78 bits per heavy atom. The minimum Gasteiger partial charge on any atom is -0.468 e. The van der Waals surface area contributed by atoms with Crippen molar-refractivity contribution >= 4 is 40.9 Å². The average Bonchev–Trinajstić information content (AvgIpc) is 2.55. The molecule has 0 saturated heterocycles. The number of carbonyl (C=O) groups is 1. The Morgan fingerprint density at radius 3 is 2.39 bits per heavy atom. The molecule has 0 heterocycles. The van der Waals surface area contributed by atoms with Gasteiger partial charge in [-0.3, -0.25) is 4.79 Å². The average molecular weight is 352 g/mol. The smallest absolute Gasteiger partial charge is 0.248 e. The second kappa shape index (κ2) is 8.58. The topological polar surface area (TPSA) is 47.6 Å². The summed E-state index contributed by atoms with van der Waals surface area (Å²) in [4.78, 5) is 11.9. The first kappa shape index (κ1) is 17.3. The number of ether oxygens (including phenoxy) is 2. The summed E-state index contributed by atoms with van der Waals surface area (Å²) in [6, 6.07) is 12.3. The molecule has 0 unspecified atom stereocenters. The van der Waals surface area contributed by atoms with E-state index in [2.05, 4.69) is 5.32 Å². The number of anilines is 1. The molecule has 1 N–H and O–H groups in total. The number of para-hydroxylation sites is 1. The van der Waals surface area contributed by atoms with Crippen molar-refractivity contribution in [2.75, 3.05) is 19.2 Å². The lowest BCUT2D eigenvalue weighted by Crippen LogP contribution is -2.08. The van der Waals surface area contributed by atoms with Gasteiger partial charge in [-0.1, -0.05) is 41.4 Å². The highest BCUT2D eigenvalue weighted by molar-refractivity contribution is 6.39. The van der Waals surface area contributed by atoms with Gasteiger partial charge in [0, 0.05) is 13.2 Å². The molecule has 1 amide bonds. The Morgan fingerprint density at radius 1 is 1.13 bits per heavy atom. The number of methoxy groups -OCH3 is 1. The van der Waals surface area contributed by atoms with Crippen molar-refractivity contribution in [2.45, 2.75) is 0 Å². The number of nitrogens with one attached hydrogen (secondary N) is 1. The first-order valence-electron chi connectivity index (χ1n) is 6.75. The van der Waals surface area contributed by atoms with Crippen molar-refractivity contribution in [3.8, 4) is 5.75 Å². The molecule has 23 heavy (non-hydrogen) atoms. The third kappa shape index (κ3) is 5.28. The van der Waals surface area contributed by atoms with Crippen LogP contribution in [0.25, 0.3) is 6.08 Å². The standard InChI is InChI=1S/C17H15Cl2NO3/c1-22-11-23-13-8-5-12(6-9-13)7-10-16(21)20-17-14(18)3-2-4-15(17)19/h2-10H,11H2,1H3,(H,20,21)/b10-7+. The van der Waals surface area contributed by atoms with E-state index in [1.807, 2.05) is 12.1 Å². The van der Waals surface area contributed by atoms with E-state index in [0.29, 0.717) is 21.5 Å². The highest BCUT2D eigenvalue weighted by Crippen LogP contribution is 2.29. The molecule has 0 atom stereocenters. The molecule has 4 nitrogen and oxygen atoms in total. The lowest BCUT2D eigenvalue weighted by atomic mass is 10.2. The van der Waals surface area contributed by atoms with E-state index in [-0.39, 0.29) is 12.7 Å². The second-order valence-corrected chi connectivity index (χ2v) is 5.35. The summed E-state index contributed by atoms with van der Waals surface area (Å²) >= 11 is 12.0. The summed E-state index contributed by atoms with van der Waals surface area (Å²) in [6.07, 6.45) is 3.09. The Labute approximate surface area is 144 Å². The number of hydrogen-bond acceptors (Lipinski definition) is 3. The molecule has 0 spiro atoms. The summed E-state index contributed by atoms with van der Waals surface area (Å²) in [5, 5.41) is 3.43. The van der Waals surface area contributed by atoms with Gasteiger partial charge >= 0.3 is 0 Å². The van der Waals surface area contributed by atoms with Crippen LogP contribution in [0.1, 0.15) is 5.56 Å². The van der Waals surface area contributed by atoms with Crippen molar-refractivity contribution < 1.29 is 14.3 Å². The molecule has 2 aromatic rings. The Kier molecular flexibility index (Phi) is 6.47.